The Morgan fingerprint density at radius 3 is 2.94 bits per heavy atom. The van der Waals surface area contributed by atoms with Gasteiger partial charge in [0.25, 0.3) is 5.69 Å². The first-order chi connectivity index (χ1) is 15.3. The number of anilines is 1. The Labute approximate surface area is 198 Å². The molecule has 10 heteroatoms. The van der Waals surface area contributed by atoms with E-state index in [1.165, 1.54) is 25.3 Å². The molecule has 0 aromatic heterocycles. The smallest absolute Gasteiger partial charge is 0.271 e. The van der Waals surface area contributed by atoms with Crippen molar-refractivity contribution < 1.29 is 9.66 Å². The lowest BCUT2D eigenvalue weighted by atomic mass is 10.2. The highest BCUT2D eigenvalue weighted by atomic mass is 32.2. The van der Waals surface area contributed by atoms with Crippen LogP contribution in [0.25, 0.3) is 0 Å². The minimum atomic E-state index is -0.460. The van der Waals surface area contributed by atoms with Crippen molar-refractivity contribution >= 4 is 46.7 Å². The summed E-state index contributed by atoms with van der Waals surface area (Å²) in [6.45, 7) is 4.80. The number of benzene rings is 1. The Balaban J connectivity index is 2.08. The number of non-ortho nitro benzene ring substituents is 1. The molecule has 0 spiro atoms. The summed E-state index contributed by atoms with van der Waals surface area (Å²) in [4.78, 5) is 14.9. The molecule has 0 fully saturated rings. The van der Waals surface area contributed by atoms with Gasteiger partial charge in [0, 0.05) is 29.7 Å². The number of nitrogens with one attached hydrogen (secondary N) is 2. The molecule has 8 nitrogen and oxygen atoms in total. The SMILES string of the molecule is CC/C=C(C)\C=C(/CCSC1CN=CC=C1N)NC(=S)Nc1cc([N+](=O)[O-])ccc1OC. The molecule has 1 aromatic carbocycles. The van der Waals surface area contributed by atoms with E-state index in [2.05, 4.69) is 34.7 Å². The van der Waals surface area contributed by atoms with Crippen LogP contribution < -0.4 is 21.1 Å². The minimum Gasteiger partial charge on any atom is -0.495 e. The van der Waals surface area contributed by atoms with Crippen molar-refractivity contribution in [2.75, 3.05) is 24.7 Å². The van der Waals surface area contributed by atoms with Gasteiger partial charge in [0.15, 0.2) is 5.11 Å². The molecule has 1 aliphatic rings. The van der Waals surface area contributed by atoms with E-state index < -0.39 is 4.92 Å². The predicted octanol–water partition coefficient (Wildman–Crippen LogP) is 4.55. The van der Waals surface area contributed by atoms with E-state index in [9.17, 15) is 10.1 Å². The van der Waals surface area contributed by atoms with Gasteiger partial charge in [-0.15, -0.1) is 11.8 Å². The fourth-order valence-electron chi connectivity index (χ4n) is 3.00. The van der Waals surface area contributed by atoms with Crippen LogP contribution in [-0.2, 0) is 0 Å². The molecule has 0 amide bonds. The number of nitrogens with zero attached hydrogens (tertiary/aromatic N) is 2. The zero-order chi connectivity index (χ0) is 23.5. The lowest BCUT2D eigenvalue weighted by Crippen LogP contribution is -2.29. The van der Waals surface area contributed by atoms with Gasteiger partial charge in [0.1, 0.15) is 5.75 Å². The average molecular weight is 476 g/mol. The summed E-state index contributed by atoms with van der Waals surface area (Å²) in [5.41, 5.74) is 9.33. The first-order valence-electron chi connectivity index (χ1n) is 10.2. The quantitative estimate of drug-likeness (QED) is 0.195. The van der Waals surface area contributed by atoms with Crippen molar-refractivity contribution in [3.63, 3.8) is 0 Å². The standard InChI is InChI=1S/C22H29N5O3S2/c1-4-5-15(2)12-16(9-11-32-21-14-24-10-8-18(21)23)25-22(31)26-19-13-17(27(28)29)6-7-20(19)30-3/h5-8,10,12-13,21H,4,9,11,14,23H2,1-3H3,(H2,25,26,31)/b15-5-,16-12+. The van der Waals surface area contributed by atoms with Crippen LogP contribution in [0.3, 0.4) is 0 Å². The molecule has 1 aromatic rings. The third-order valence-corrected chi connectivity index (χ3v) is 6.02. The summed E-state index contributed by atoms with van der Waals surface area (Å²) in [6, 6.07) is 4.32. The van der Waals surface area contributed by atoms with E-state index in [1.54, 1.807) is 18.0 Å². The van der Waals surface area contributed by atoms with Crippen molar-refractivity contribution in [1.82, 2.24) is 5.32 Å². The Bertz CT molecular complexity index is 957. The Kier molecular flexibility index (Phi) is 10.2. The van der Waals surface area contributed by atoms with Crippen LogP contribution in [0.2, 0.25) is 0 Å². The highest BCUT2D eigenvalue weighted by Crippen LogP contribution is 2.29. The molecule has 1 atom stereocenters. The molecular formula is C22H29N5O3S2. The first-order valence-corrected chi connectivity index (χ1v) is 11.6. The van der Waals surface area contributed by atoms with Gasteiger partial charge in [-0.1, -0.05) is 18.6 Å². The van der Waals surface area contributed by atoms with Crippen molar-refractivity contribution in [1.29, 1.82) is 0 Å². The number of nitro benzene ring substituents is 1. The number of dihydropyridines is 1. The average Bonchev–Trinajstić information content (AvgIpc) is 2.75. The van der Waals surface area contributed by atoms with Crippen LogP contribution in [0.4, 0.5) is 11.4 Å². The number of thiocarbonyl (C=S) groups is 1. The van der Waals surface area contributed by atoms with Crippen molar-refractivity contribution in [3.8, 4) is 5.75 Å². The van der Waals surface area contributed by atoms with Crippen LogP contribution in [0.1, 0.15) is 26.7 Å². The summed E-state index contributed by atoms with van der Waals surface area (Å²) >= 11 is 7.23. The van der Waals surface area contributed by atoms with Crippen LogP contribution in [0.15, 0.2) is 58.4 Å². The van der Waals surface area contributed by atoms with E-state index in [0.717, 1.165) is 35.6 Å². The van der Waals surface area contributed by atoms with Crippen LogP contribution in [0.5, 0.6) is 5.75 Å². The third kappa shape index (κ3) is 8.01. The minimum absolute atomic E-state index is 0.0502. The second-order valence-corrected chi connectivity index (χ2v) is 8.76. The molecule has 0 aliphatic carbocycles. The molecule has 1 unspecified atom stereocenters. The van der Waals surface area contributed by atoms with Gasteiger partial charge < -0.3 is 21.1 Å². The molecule has 32 heavy (non-hydrogen) atoms. The first kappa shape index (κ1) is 25.4. The summed E-state index contributed by atoms with van der Waals surface area (Å²) in [6.07, 6.45) is 9.44. The normalized spacial score (nSPS) is 16.3. The summed E-state index contributed by atoms with van der Waals surface area (Å²) in [7, 11) is 1.50. The summed E-state index contributed by atoms with van der Waals surface area (Å²) in [5, 5.41) is 17.9. The fourth-order valence-corrected chi connectivity index (χ4v) is 4.33. The molecule has 0 radical (unpaired) electrons. The number of methoxy groups -OCH3 is 1. The van der Waals surface area contributed by atoms with Gasteiger partial charge in [0.2, 0.25) is 0 Å². The predicted molar refractivity (Wildman–Crippen MR) is 138 cm³/mol. The molecule has 2 rings (SSSR count). The van der Waals surface area contributed by atoms with Gasteiger partial charge in [-0.2, -0.15) is 0 Å². The van der Waals surface area contributed by atoms with Crippen LogP contribution in [0, 0.1) is 10.1 Å². The number of allylic oxidation sites excluding steroid dienone is 5. The third-order valence-electron chi connectivity index (χ3n) is 4.55. The number of aliphatic imine (C=N–C) groups is 1. The van der Waals surface area contributed by atoms with Gasteiger partial charge in [0.05, 0.1) is 29.5 Å². The largest absolute Gasteiger partial charge is 0.495 e. The fraction of sp³-hybridized carbons (Fsp3) is 0.364. The van der Waals surface area contributed by atoms with E-state index in [1.807, 2.05) is 13.0 Å². The zero-order valence-corrected chi connectivity index (χ0v) is 20.1. The maximum absolute atomic E-state index is 11.1. The van der Waals surface area contributed by atoms with Crippen LogP contribution >= 0.6 is 24.0 Å². The second-order valence-electron chi connectivity index (χ2n) is 7.04. The zero-order valence-electron chi connectivity index (χ0n) is 18.5. The lowest BCUT2D eigenvalue weighted by Gasteiger charge is -2.19. The summed E-state index contributed by atoms with van der Waals surface area (Å²) < 4.78 is 5.30. The highest BCUT2D eigenvalue weighted by molar-refractivity contribution is 8.00. The number of nitro groups is 1. The number of hydrogen-bond acceptors (Lipinski definition) is 7. The van der Waals surface area contributed by atoms with Gasteiger partial charge in [-0.25, -0.2) is 0 Å². The highest BCUT2D eigenvalue weighted by Gasteiger charge is 2.15. The van der Waals surface area contributed by atoms with E-state index in [-0.39, 0.29) is 10.9 Å². The Hall–Kier alpha value is -2.85. The molecule has 4 N–H and O–H groups in total. The molecule has 172 valence electrons. The molecule has 0 bridgehead atoms. The van der Waals surface area contributed by atoms with Gasteiger partial charge >= 0.3 is 0 Å². The maximum Gasteiger partial charge on any atom is 0.271 e. The molecule has 0 saturated heterocycles. The topological polar surface area (TPSA) is 115 Å². The number of nitrogens with two attached hydrogens (primary N) is 1. The van der Waals surface area contributed by atoms with Gasteiger partial charge in [-0.3, -0.25) is 15.1 Å². The van der Waals surface area contributed by atoms with Gasteiger partial charge in [-0.05, 0) is 56.0 Å². The molecular weight excluding hydrogens is 446 g/mol. The number of ether oxygens (including phenoxy) is 1. The van der Waals surface area contributed by atoms with Crippen LogP contribution in [-0.4, -0.2) is 40.9 Å². The van der Waals surface area contributed by atoms with E-state index in [4.69, 9.17) is 22.7 Å². The number of thioether (sulfide) groups is 1. The number of rotatable bonds is 10. The molecule has 0 saturated carbocycles. The Morgan fingerprint density at radius 2 is 2.28 bits per heavy atom. The number of hydrogen-bond donors (Lipinski definition) is 3. The maximum atomic E-state index is 11.1. The van der Waals surface area contributed by atoms with E-state index >= 15 is 0 Å². The second kappa shape index (κ2) is 12.9. The molecule has 1 heterocycles. The monoisotopic (exact) mass is 475 g/mol. The summed E-state index contributed by atoms with van der Waals surface area (Å²) in [5.74, 6) is 1.29. The molecule has 1 aliphatic heterocycles. The van der Waals surface area contributed by atoms with Crippen molar-refractivity contribution in [3.05, 3.63) is 63.5 Å². The lowest BCUT2D eigenvalue weighted by molar-refractivity contribution is -0.384. The van der Waals surface area contributed by atoms with E-state index in [0.29, 0.717) is 23.1 Å². The van der Waals surface area contributed by atoms with Crippen molar-refractivity contribution in [2.45, 2.75) is 31.9 Å². The van der Waals surface area contributed by atoms with Crippen molar-refractivity contribution in [2.24, 2.45) is 10.7 Å². The Morgan fingerprint density at radius 1 is 1.50 bits per heavy atom.